The zero-order valence-corrected chi connectivity index (χ0v) is 11.1. The van der Waals surface area contributed by atoms with E-state index in [1.807, 2.05) is 13.2 Å². The van der Waals surface area contributed by atoms with E-state index in [0.29, 0.717) is 24.3 Å². The molecule has 0 fully saturated rings. The van der Waals surface area contributed by atoms with Crippen LogP contribution in [-0.4, -0.2) is 21.5 Å². The van der Waals surface area contributed by atoms with Crippen LogP contribution in [0.4, 0.5) is 4.39 Å². The highest BCUT2D eigenvalue weighted by Crippen LogP contribution is 2.20. The van der Waals surface area contributed by atoms with Crippen LogP contribution in [0.3, 0.4) is 0 Å². The lowest BCUT2D eigenvalue weighted by Gasteiger charge is -2.07. The zero-order valence-electron chi connectivity index (χ0n) is 11.1. The number of aryl methyl sites for hydroxylation is 1. The number of hydrogen-bond donors (Lipinski definition) is 1. The van der Waals surface area contributed by atoms with Gasteiger partial charge in [0.05, 0.1) is 18.4 Å². The molecule has 0 bridgehead atoms. The Labute approximate surface area is 116 Å². The molecule has 1 aromatic carbocycles. The minimum absolute atomic E-state index is 0.0000694. The number of ether oxygens (including phenoxy) is 1. The van der Waals surface area contributed by atoms with Gasteiger partial charge in [-0.1, -0.05) is 11.8 Å². The second-order valence-corrected chi connectivity index (χ2v) is 4.23. The highest BCUT2D eigenvalue weighted by atomic mass is 19.1. The molecule has 0 radical (unpaired) electrons. The molecule has 0 unspecified atom stereocenters. The molecule has 1 aromatic heterocycles. The third kappa shape index (κ3) is 3.84. The molecule has 104 valence electrons. The maximum atomic E-state index is 13.3. The van der Waals surface area contributed by atoms with Crippen LogP contribution in [0.5, 0.6) is 5.75 Å². The molecule has 5 heteroatoms. The maximum Gasteiger partial charge on any atom is 0.138 e. The standard InChI is InChI=1S/C15H15FN2O2/c1-18-10-12(9-17-18)11-20-15-8-14(16)6-5-13(15)4-2-3-7-19/h5-6,8-10,19H,3,7,11H2,1H3. The molecule has 0 spiro atoms. The largest absolute Gasteiger partial charge is 0.487 e. The van der Waals surface area contributed by atoms with Crippen molar-refractivity contribution >= 4 is 0 Å². The zero-order chi connectivity index (χ0) is 14.4. The maximum absolute atomic E-state index is 13.3. The van der Waals surface area contributed by atoms with Crippen LogP contribution in [0, 0.1) is 17.7 Å². The van der Waals surface area contributed by atoms with E-state index in [9.17, 15) is 4.39 Å². The summed E-state index contributed by atoms with van der Waals surface area (Å²) in [6.07, 6.45) is 3.90. The fourth-order valence-corrected chi connectivity index (χ4v) is 1.64. The molecule has 1 heterocycles. The number of rotatable bonds is 4. The van der Waals surface area contributed by atoms with Gasteiger partial charge >= 0.3 is 0 Å². The Hall–Kier alpha value is -2.32. The normalized spacial score (nSPS) is 9.95. The molecule has 0 aliphatic carbocycles. The predicted octanol–water partition coefficient (Wildman–Crippen LogP) is 1.87. The van der Waals surface area contributed by atoms with E-state index in [2.05, 4.69) is 16.9 Å². The van der Waals surface area contributed by atoms with Crippen LogP contribution >= 0.6 is 0 Å². The van der Waals surface area contributed by atoms with Gasteiger partial charge in [0.15, 0.2) is 0 Å². The van der Waals surface area contributed by atoms with Gasteiger partial charge in [-0.15, -0.1) is 0 Å². The molecule has 2 aromatic rings. The summed E-state index contributed by atoms with van der Waals surface area (Å²) in [5, 5.41) is 12.7. The summed E-state index contributed by atoms with van der Waals surface area (Å²) in [6.45, 7) is 0.298. The topological polar surface area (TPSA) is 47.3 Å². The molecule has 0 aliphatic rings. The molecule has 2 rings (SSSR count). The summed E-state index contributed by atoms with van der Waals surface area (Å²) in [7, 11) is 1.82. The summed E-state index contributed by atoms with van der Waals surface area (Å²) >= 11 is 0. The second kappa shape index (κ2) is 6.73. The Balaban J connectivity index is 2.13. The molecule has 0 aliphatic heterocycles. The Kier molecular flexibility index (Phi) is 4.75. The fourth-order valence-electron chi connectivity index (χ4n) is 1.64. The predicted molar refractivity (Wildman–Crippen MR) is 72.5 cm³/mol. The van der Waals surface area contributed by atoms with Gasteiger partial charge in [0.2, 0.25) is 0 Å². The van der Waals surface area contributed by atoms with Crippen molar-refractivity contribution in [1.82, 2.24) is 9.78 Å². The molecule has 1 N–H and O–H groups in total. The Morgan fingerprint density at radius 2 is 2.30 bits per heavy atom. The van der Waals surface area contributed by atoms with Crippen molar-refractivity contribution in [2.75, 3.05) is 6.61 Å². The van der Waals surface area contributed by atoms with Crippen molar-refractivity contribution in [3.63, 3.8) is 0 Å². The summed E-state index contributed by atoms with van der Waals surface area (Å²) in [5.41, 5.74) is 1.50. The summed E-state index contributed by atoms with van der Waals surface area (Å²) in [6, 6.07) is 4.21. The lowest BCUT2D eigenvalue weighted by molar-refractivity contribution is 0.303. The van der Waals surface area contributed by atoms with Gasteiger partial charge < -0.3 is 9.84 Å². The SMILES string of the molecule is Cn1cc(COc2cc(F)ccc2C#CCCO)cn1. The minimum atomic E-state index is -0.376. The highest BCUT2D eigenvalue weighted by molar-refractivity contribution is 5.46. The third-order valence-corrected chi connectivity index (χ3v) is 2.56. The lowest BCUT2D eigenvalue weighted by Crippen LogP contribution is -1.97. The van der Waals surface area contributed by atoms with Gasteiger partial charge in [0.1, 0.15) is 18.2 Å². The van der Waals surface area contributed by atoms with Crippen LogP contribution < -0.4 is 4.74 Å². The van der Waals surface area contributed by atoms with E-state index in [1.165, 1.54) is 12.1 Å². The first-order chi connectivity index (χ1) is 9.69. The van der Waals surface area contributed by atoms with Crippen LogP contribution in [0.25, 0.3) is 0 Å². The van der Waals surface area contributed by atoms with Crippen LogP contribution in [0.1, 0.15) is 17.5 Å². The Morgan fingerprint density at radius 3 is 3.00 bits per heavy atom. The summed E-state index contributed by atoms with van der Waals surface area (Å²) in [5.74, 6) is 5.67. The van der Waals surface area contributed by atoms with Gasteiger partial charge in [-0.05, 0) is 12.1 Å². The average Bonchev–Trinajstić information content (AvgIpc) is 2.84. The van der Waals surface area contributed by atoms with Gasteiger partial charge in [0.25, 0.3) is 0 Å². The van der Waals surface area contributed by atoms with Crippen molar-refractivity contribution in [2.45, 2.75) is 13.0 Å². The summed E-state index contributed by atoms with van der Waals surface area (Å²) < 4.78 is 20.5. The first-order valence-corrected chi connectivity index (χ1v) is 6.18. The molecular weight excluding hydrogens is 259 g/mol. The third-order valence-electron chi connectivity index (χ3n) is 2.56. The molecule has 4 nitrogen and oxygen atoms in total. The second-order valence-electron chi connectivity index (χ2n) is 4.23. The van der Waals surface area contributed by atoms with Crippen molar-refractivity contribution in [3.8, 4) is 17.6 Å². The number of aromatic nitrogens is 2. The lowest BCUT2D eigenvalue weighted by atomic mass is 10.2. The van der Waals surface area contributed by atoms with Crippen molar-refractivity contribution < 1.29 is 14.2 Å². The fraction of sp³-hybridized carbons (Fsp3) is 0.267. The number of halogens is 1. The van der Waals surface area contributed by atoms with Gasteiger partial charge in [-0.25, -0.2) is 4.39 Å². The molecule has 0 atom stereocenters. The minimum Gasteiger partial charge on any atom is -0.487 e. The van der Waals surface area contributed by atoms with E-state index in [1.54, 1.807) is 16.9 Å². The number of aliphatic hydroxyl groups is 1. The number of aliphatic hydroxyl groups excluding tert-OH is 1. The quantitative estimate of drug-likeness (QED) is 0.866. The number of nitrogens with zero attached hydrogens (tertiary/aromatic N) is 2. The number of benzene rings is 1. The van der Waals surface area contributed by atoms with Crippen molar-refractivity contribution in [1.29, 1.82) is 0 Å². The van der Waals surface area contributed by atoms with Crippen molar-refractivity contribution in [3.05, 3.63) is 47.5 Å². The van der Waals surface area contributed by atoms with E-state index >= 15 is 0 Å². The molecule has 20 heavy (non-hydrogen) atoms. The van der Waals surface area contributed by atoms with Crippen LogP contribution in [-0.2, 0) is 13.7 Å². The van der Waals surface area contributed by atoms with E-state index in [0.717, 1.165) is 5.56 Å². The molecule has 0 amide bonds. The van der Waals surface area contributed by atoms with Crippen LogP contribution in [0.15, 0.2) is 30.6 Å². The number of hydrogen-bond acceptors (Lipinski definition) is 3. The Morgan fingerprint density at radius 1 is 1.45 bits per heavy atom. The highest BCUT2D eigenvalue weighted by Gasteiger charge is 2.05. The van der Waals surface area contributed by atoms with E-state index in [4.69, 9.17) is 9.84 Å². The molecular formula is C15H15FN2O2. The molecule has 0 saturated heterocycles. The molecule has 0 saturated carbocycles. The Bertz CT molecular complexity index is 641. The first kappa shape index (κ1) is 14.1. The van der Waals surface area contributed by atoms with Gasteiger partial charge in [0, 0.05) is 31.3 Å². The van der Waals surface area contributed by atoms with Crippen molar-refractivity contribution in [2.24, 2.45) is 7.05 Å². The van der Waals surface area contributed by atoms with Crippen LogP contribution in [0.2, 0.25) is 0 Å². The average molecular weight is 274 g/mol. The monoisotopic (exact) mass is 274 g/mol. The van der Waals surface area contributed by atoms with Gasteiger partial charge in [-0.2, -0.15) is 5.10 Å². The smallest absolute Gasteiger partial charge is 0.138 e. The van der Waals surface area contributed by atoms with E-state index in [-0.39, 0.29) is 12.4 Å². The summed E-state index contributed by atoms with van der Waals surface area (Å²) in [4.78, 5) is 0. The van der Waals surface area contributed by atoms with Gasteiger partial charge in [-0.3, -0.25) is 4.68 Å². The first-order valence-electron chi connectivity index (χ1n) is 6.18. The van der Waals surface area contributed by atoms with E-state index < -0.39 is 0 Å².